The monoisotopic (exact) mass is 380 g/mol. The van der Waals surface area contributed by atoms with Crippen molar-refractivity contribution in [3.8, 4) is 18.2 Å². The second-order valence-electron chi connectivity index (χ2n) is 8.77. The number of hydrogen-bond donors (Lipinski definition) is 3. The first kappa shape index (κ1) is 20.5. The van der Waals surface area contributed by atoms with Gasteiger partial charge in [0, 0.05) is 24.2 Å². The van der Waals surface area contributed by atoms with E-state index in [0.717, 1.165) is 70.5 Å². The van der Waals surface area contributed by atoms with Crippen LogP contribution >= 0.6 is 0 Å². The smallest absolute Gasteiger partial charge is 0.189 e. The van der Waals surface area contributed by atoms with Crippen LogP contribution in [0, 0.1) is 62.1 Å². The molecule has 1 unspecified atom stereocenters. The van der Waals surface area contributed by atoms with Crippen molar-refractivity contribution in [1.29, 1.82) is 21.2 Å². The van der Waals surface area contributed by atoms with Crippen LogP contribution in [0.3, 0.4) is 0 Å². The molecule has 3 atom stereocenters. The second-order valence-corrected chi connectivity index (χ2v) is 8.77. The van der Waals surface area contributed by atoms with Crippen molar-refractivity contribution in [3.05, 3.63) is 11.6 Å². The topological polar surface area (TPSA) is 104 Å². The van der Waals surface area contributed by atoms with E-state index in [-0.39, 0.29) is 11.6 Å². The third kappa shape index (κ3) is 2.86. The number of likely N-dealkylation sites (tertiary alicyclic amines) is 1. The van der Waals surface area contributed by atoms with Gasteiger partial charge in [-0.05, 0) is 24.5 Å². The Morgan fingerprint density at radius 1 is 1.07 bits per heavy atom. The average Bonchev–Trinajstić information content (AvgIpc) is 2.72. The highest BCUT2D eigenvalue weighted by Crippen LogP contribution is 2.59. The fourth-order valence-electron chi connectivity index (χ4n) is 6.08. The lowest BCUT2D eigenvalue weighted by molar-refractivity contribution is -0.912. The lowest BCUT2D eigenvalue weighted by Gasteiger charge is -2.56. The Morgan fingerprint density at radius 2 is 1.68 bits per heavy atom. The Labute approximate surface area is 168 Å². The van der Waals surface area contributed by atoms with E-state index >= 15 is 0 Å². The van der Waals surface area contributed by atoms with Crippen LogP contribution in [-0.2, 0) is 0 Å². The molecule has 0 bridgehead atoms. The maximum atomic E-state index is 10.2. The van der Waals surface area contributed by atoms with Gasteiger partial charge < -0.3 is 15.2 Å². The Hall–Kier alpha value is -2.20. The van der Waals surface area contributed by atoms with Crippen molar-refractivity contribution < 1.29 is 9.80 Å². The lowest BCUT2D eigenvalue weighted by atomic mass is 9.44. The molecule has 6 nitrogen and oxygen atoms in total. The molecule has 3 N–H and O–H groups in total. The van der Waals surface area contributed by atoms with Crippen molar-refractivity contribution in [2.24, 2.45) is 22.7 Å². The molecule has 1 saturated heterocycles. The van der Waals surface area contributed by atoms with Gasteiger partial charge in [0.15, 0.2) is 5.41 Å². The summed E-state index contributed by atoms with van der Waals surface area (Å²) >= 11 is 0. The number of quaternary nitrogens is 2. The predicted molar refractivity (Wildman–Crippen MR) is 105 cm³/mol. The van der Waals surface area contributed by atoms with Gasteiger partial charge in [0.1, 0.15) is 5.92 Å². The van der Waals surface area contributed by atoms with Gasteiger partial charge in [-0.15, -0.1) is 0 Å². The molecule has 2 aliphatic heterocycles. The zero-order chi connectivity index (χ0) is 20.4. The summed E-state index contributed by atoms with van der Waals surface area (Å²) in [5.74, 6) is -0.678. The largest absolute Gasteiger partial charge is 0.335 e. The molecule has 2 heterocycles. The van der Waals surface area contributed by atoms with Crippen LogP contribution in [0.15, 0.2) is 11.6 Å². The number of nitrogens with zero attached hydrogens (tertiary/aromatic N) is 3. The fraction of sp³-hybridized carbons (Fsp3) is 0.727. The van der Waals surface area contributed by atoms with Crippen LogP contribution < -0.4 is 9.80 Å². The SMILES string of the molecule is CCC[NH+]1CCC2(CC1)[C@@H]1C[NH+](CCC)CC=C1[C@@H](C#N)C(=N)C2(C#N)C#N. The van der Waals surface area contributed by atoms with E-state index in [0.29, 0.717) is 0 Å². The van der Waals surface area contributed by atoms with Crippen molar-refractivity contribution in [1.82, 2.24) is 0 Å². The van der Waals surface area contributed by atoms with E-state index in [9.17, 15) is 15.8 Å². The van der Waals surface area contributed by atoms with Crippen LogP contribution in [0.1, 0.15) is 39.5 Å². The van der Waals surface area contributed by atoms with Crippen LogP contribution in [0.5, 0.6) is 0 Å². The van der Waals surface area contributed by atoms with E-state index in [1.165, 1.54) is 9.80 Å². The van der Waals surface area contributed by atoms with Crippen molar-refractivity contribution in [2.45, 2.75) is 39.5 Å². The number of rotatable bonds is 4. The third-order valence-corrected chi connectivity index (χ3v) is 7.48. The lowest BCUT2D eigenvalue weighted by Crippen LogP contribution is -3.15. The van der Waals surface area contributed by atoms with E-state index < -0.39 is 16.7 Å². The molecule has 0 amide bonds. The van der Waals surface area contributed by atoms with E-state index in [1.807, 2.05) is 0 Å². The Kier molecular flexibility index (Phi) is 5.90. The third-order valence-electron chi connectivity index (χ3n) is 7.48. The summed E-state index contributed by atoms with van der Waals surface area (Å²) in [6.45, 7) is 10.2. The summed E-state index contributed by atoms with van der Waals surface area (Å²) in [5.41, 5.74) is -0.974. The Balaban J connectivity index is 2.10. The first-order chi connectivity index (χ1) is 13.5. The zero-order valence-electron chi connectivity index (χ0n) is 17.1. The number of nitrogens with one attached hydrogen (secondary N) is 3. The summed E-state index contributed by atoms with van der Waals surface area (Å²) in [6.07, 6.45) is 5.94. The van der Waals surface area contributed by atoms with Crippen LogP contribution in [0.25, 0.3) is 0 Å². The van der Waals surface area contributed by atoms with Gasteiger partial charge in [0.2, 0.25) is 0 Å². The van der Waals surface area contributed by atoms with Crippen molar-refractivity contribution >= 4 is 5.71 Å². The molecule has 0 aromatic carbocycles. The standard InChI is InChI=1S/C22H30N6/c1-3-8-27-11-6-21(7-12-27)19-14-28(9-4-2)10-5-17(19)18(13-23)20(26)22(21,15-24)16-25/h5,18-19,26H,3-4,6-12,14H2,1-2H3/p+2/t18-,19-/m1/s1. The molecule has 3 rings (SSSR count). The van der Waals surface area contributed by atoms with E-state index in [4.69, 9.17) is 5.41 Å². The maximum Gasteiger partial charge on any atom is 0.189 e. The number of piperidine rings is 1. The molecule has 0 aromatic heterocycles. The molecule has 148 valence electrons. The average molecular weight is 381 g/mol. The number of hydrogen-bond acceptors (Lipinski definition) is 4. The molecule has 0 radical (unpaired) electrons. The molecule has 1 saturated carbocycles. The van der Waals surface area contributed by atoms with E-state index in [2.05, 4.69) is 38.1 Å². The second kappa shape index (κ2) is 8.04. The van der Waals surface area contributed by atoms with Gasteiger partial charge >= 0.3 is 0 Å². The van der Waals surface area contributed by atoms with Gasteiger partial charge in [0.05, 0.1) is 63.2 Å². The summed E-state index contributed by atoms with van der Waals surface area (Å²) < 4.78 is 0. The molecule has 2 fully saturated rings. The van der Waals surface area contributed by atoms with Crippen molar-refractivity contribution in [3.63, 3.8) is 0 Å². The highest BCUT2D eigenvalue weighted by atomic mass is 15.1. The van der Waals surface area contributed by atoms with Crippen LogP contribution in [0.2, 0.25) is 0 Å². The summed E-state index contributed by atoms with van der Waals surface area (Å²) in [7, 11) is 0. The van der Waals surface area contributed by atoms with Gasteiger partial charge in [-0.1, -0.05) is 13.8 Å². The van der Waals surface area contributed by atoms with Gasteiger partial charge in [-0.2, -0.15) is 15.8 Å². The maximum absolute atomic E-state index is 10.2. The molecule has 1 spiro atoms. The molecule has 3 aliphatic rings. The zero-order valence-corrected chi connectivity index (χ0v) is 17.1. The highest BCUT2D eigenvalue weighted by Gasteiger charge is 2.68. The molecule has 6 heteroatoms. The minimum absolute atomic E-state index is 0.0281. The van der Waals surface area contributed by atoms with Crippen LogP contribution in [0.4, 0.5) is 0 Å². The first-order valence-corrected chi connectivity index (χ1v) is 10.7. The molecule has 28 heavy (non-hydrogen) atoms. The predicted octanol–water partition coefficient (Wildman–Crippen LogP) is 0.119. The summed E-state index contributed by atoms with van der Waals surface area (Å²) in [5, 5.41) is 39.0. The summed E-state index contributed by atoms with van der Waals surface area (Å²) in [6, 6.07) is 6.84. The Bertz CT molecular complexity index is 754. The molecular formula is C22H32N6+2. The normalized spacial score (nSPS) is 36.5. The first-order valence-electron chi connectivity index (χ1n) is 10.7. The molecular weight excluding hydrogens is 348 g/mol. The summed E-state index contributed by atoms with van der Waals surface area (Å²) in [4.78, 5) is 3.00. The number of fused-ring (bicyclic) bond motifs is 2. The fourth-order valence-corrected chi connectivity index (χ4v) is 6.08. The molecule has 1 aliphatic carbocycles. The minimum atomic E-state index is -1.48. The molecule has 0 aromatic rings. The Morgan fingerprint density at radius 3 is 2.21 bits per heavy atom. The number of nitriles is 3. The van der Waals surface area contributed by atoms with Gasteiger partial charge in [-0.25, -0.2) is 0 Å². The van der Waals surface area contributed by atoms with Crippen LogP contribution in [-0.4, -0.2) is 45.0 Å². The highest BCUT2D eigenvalue weighted by molar-refractivity contribution is 6.00. The van der Waals surface area contributed by atoms with Crippen molar-refractivity contribution in [2.75, 3.05) is 39.3 Å². The quantitative estimate of drug-likeness (QED) is 0.603. The van der Waals surface area contributed by atoms with E-state index in [1.54, 1.807) is 0 Å². The van der Waals surface area contributed by atoms with Gasteiger partial charge in [0.25, 0.3) is 0 Å². The minimum Gasteiger partial charge on any atom is -0.335 e. The van der Waals surface area contributed by atoms with Gasteiger partial charge in [-0.3, -0.25) is 0 Å².